The molecule has 0 saturated heterocycles. The van der Waals surface area contributed by atoms with E-state index in [0.29, 0.717) is 24.0 Å². The van der Waals surface area contributed by atoms with Crippen molar-refractivity contribution >= 4 is 5.95 Å². The van der Waals surface area contributed by atoms with Crippen LogP contribution in [0.5, 0.6) is 11.5 Å². The van der Waals surface area contributed by atoms with E-state index in [1.54, 1.807) is 0 Å². The highest BCUT2D eigenvalue weighted by molar-refractivity contribution is 5.41. The lowest BCUT2D eigenvalue weighted by Crippen LogP contribution is -2.25. The van der Waals surface area contributed by atoms with Gasteiger partial charge in [-0.1, -0.05) is 26.0 Å². The summed E-state index contributed by atoms with van der Waals surface area (Å²) in [7, 11) is 0. The van der Waals surface area contributed by atoms with E-state index in [2.05, 4.69) is 15.0 Å². The Balaban J connectivity index is 1.91. The molecule has 0 radical (unpaired) electrons. The van der Waals surface area contributed by atoms with E-state index in [4.69, 9.17) is 15.2 Å². The number of anilines is 1. The molecule has 2 aromatic rings. The molecule has 1 aromatic carbocycles. The molecule has 6 nitrogen and oxygen atoms in total. The van der Waals surface area contributed by atoms with E-state index >= 15 is 0 Å². The maximum atomic E-state index is 5.87. The van der Waals surface area contributed by atoms with E-state index in [-0.39, 0.29) is 18.0 Å². The number of nitrogens with two attached hydrogens (primary N) is 1. The minimum Gasteiger partial charge on any atom is -0.485 e. The van der Waals surface area contributed by atoms with Crippen LogP contribution in [-0.4, -0.2) is 21.6 Å². The van der Waals surface area contributed by atoms with Crippen molar-refractivity contribution in [2.24, 2.45) is 0 Å². The minimum absolute atomic E-state index is 0.177. The first kappa shape index (κ1) is 12.7. The first-order valence-electron chi connectivity index (χ1n) is 6.53. The maximum Gasteiger partial charge on any atom is 0.223 e. The second-order valence-corrected chi connectivity index (χ2v) is 4.93. The number of ether oxygens (including phenoxy) is 2. The van der Waals surface area contributed by atoms with Crippen molar-refractivity contribution in [2.45, 2.75) is 25.9 Å². The Kier molecular flexibility index (Phi) is 3.14. The van der Waals surface area contributed by atoms with Crippen LogP contribution in [0.15, 0.2) is 24.3 Å². The summed E-state index contributed by atoms with van der Waals surface area (Å²) in [5.41, 5.74) is 5.74. The number of benzene rings is 1. The molecule has 104 valence electrons. The van der Waals surface area contributed by atoms with Gasteiger partial charge in [0.25, 0.3) is 0 Å². The quantitative estimate of drug-likeness (QED) is 0.901. The van der Waals surface area contributed by atoms with Crippen LogP contribution in [0.2, 0.25) is 0 Å². The number of hydrogen-bond acceptors (Lipinski definition) is 6. The van der Waals surface area contributed by atoms with Gasteiger partial charge in [0.15, 0.2) is 23.4 Å². The number of rotatable bonds is 2. The third-order valence-corrected chi connectivity index (χ3v) is 3.00. The highest BCUT2D eigenvalue weighted by Crippen LogP contribution is 2.35. The standard InChI is InChI=1S/C14H16N4O2/c1-8(2)12-16-13(18-14(15)17-12)11-7-19-9-5-3-4-6-10(9)20-11/h3-6,8,11H,7H2,1-2H3,(H2,15,16,17,18). The Bertz CT molecular complexity index is 630. The molecule has 2 heterocycles. The predicted octanol–water partition coefficient (Wildman–Crippen LogP) is 2.09. The Morgan fingerprint density at radius 2 is 1.90 bits per heavy atom. The Morgan fingerprint density at radius 3 is 2.65 bits per heavy atom. The van der Waals surface area contributed by atoms with Crippen LogP contribution in [0.3, 0.4) is 0 Å². The van der Waals surface area contributed by atoms with Gasteiger partial charge in [-0.15, -0.1) is 0 Å². The molecule has 6 heteroatoms. The van der Waals surface area contributed by atoms with Crippen LogP contribution < -0.4 is 15.2 Å². The number of fused-ring (bicyclic) bond motifs is 1. The summed E-state index contributed by atoms with van der Waals surface area (Å²) in [5.74, 6) is 2.98. The van der Waals surface area contributed by atoms with Crippen LogP contribution in [-0.2, 0) is 0 Å². The third kappa shape index (κ3) is 2.36. The van der Waals surface area contributed by atoms with Gasteiger partial charge in [-0.3, -0.25) is 0 Å². The van der Waals surface area contributed by atoms with Gasteiger partial charge in [-0.2, -0.15) is 9.97 Å². The number of para-hydroxylation sites is 2. The van der Waals surface area contributed by atoms with E-state index in [9.17, 15) is 0 Å². The fraction of sp³-hybridized carbons (Fsp3) is 0.357. The lowest BCUT2D eigenvalue weighted by atomic mass is 10.2. The van der Waals surface area contributed by atoms with E-state index in [1.807, 2.05) is 38.1 Å². The number of aromatic nitrogens is 3. The zero-order valence-corrected chi connectivity index (χ0v) is 11.4. The van der Waals surface area contributed by atoms with Gasteiger partial charge in [0.05, 0.1) is 0 Å². The highest BCUT2D eigenvalue weighted by Gasteiger charge is 2.25. The molecule has 0 fully saturated rings. The topological polar surface area (TPSA) is 83.2 Å². The highest BCUT2D eigenvalue weighted by atomic mass is 16.6. The van der Waals surface area contributed by atoms with Crippen molar-refractivity contribution in [3.05, 3.63) is 35.9 Å². The summed E-state index contributed by atoms with van der Waals surface area (Å²) < 4.78 is 11.5. The second kappa shape index (κ2) is 4.96. The number of nitrogen functional groups attached to an aromatic ring is 1. The molecular formula is C14H16N4O2. The number of nitrogens with zero attached hydrogens (tertiary/aromatic N) is 3. The number of hydrogen-bond donors (Lipinski definition) is 1. The first-order chi connectivity index (χ1) is 9.63. The summed E-state index contributed by atoms with van der Waals surface area (Å²) in [6.07, 6.45) is -0.368. The molecule has 0 spiro atoms. The van der Waals surface area contributed by atoms with Crippen molar-refractivity contribution in [1.29, 1.82) is 0 Å². The summed E-state index contributed by atoms with van der Waals surface area (Å²) in [6.45, 7) is 4.37. The van der Waals surface area contributed by atoms with Crippen molar-refractivity contribution in [3.8, 4) is 11.5 Å². The van der Waals surface area contributed by atoms with Crippen molar-refractivity contribution < 1.29 is 9.47 Å². The molecule has 1 aromatic heterocycles. The first-order valence-corrected chi connectivity index (χ1v) is 6.53. The molecule has 0 aliphatic carbocycles. The normalized spacial score (nSPS) is 17.2. The van der Waals surface area contributed by atoms with Gasteiger partial charge in [0, 0.05) is 5.92 Å². The SMILES string of the molecule is CC(C)c1nc(N)nc(C2COc3ccccc3O2)n1. The fourth-order valence-corrected chi connectivity index (χ4v) is 1.98. The minimum atomic E-state index is -0.368. The second-order valence-electron chi connectivity index (χ2n) is 4.93. The average molecular weight is 272 g/mol. The molecule has 1 unspecified atom stereocenters. The Labute approximate surface area is 117 Å². The lowest BCUT2D eigenvalue weighted by Gasteiger charge is -2.25. The van der Waals surface area contributed by atoms with E-state index in [0.717, 1.165) is 5.75 Å². The summed E-state index contributed by atoms with van der Waals surface area (Å²) in [4.78, 5) is 12.7. The van der Waals surface area contributed by atoms with Crippen molar-refractivity contribution in [2.75, 3.05) is 12.3 Å². The van der Waals surface area contributed by atoms with Crippen molar-refractivity contribution in [3.63, 3.8) is 0 Å². The van der Waals surface area contributed by atoms with Gasteiger partial charge in [0.2, 0.25) is 5.95 Å². The van der Waals surface area contributed by atoms with Crippen LogP contribution in [0.4, 0.5) is 5.95 Å². The van der Waals surface area contributed by atoms with E-state index < -0.39 is 0 Å². The third-order valence-electron chi connectivity index (χ3n) is 3.00. The molecule has 0 bridgehead atoms. The van der Waals surface area contributed by atoms with Crippen LogP contribution >= 0.6 is 0 Å². The van der Waals surface area contributed by atoms with Gasteiger partial charge >= 0.3 is 0 Å². The molecule has 20 heavy (non-hydrogen) atoms. The van der Waals surface area contributed by atoms with E-state index in [1.165, 1.54) is 0 Å². The zero-order chi connectivity index (χ0) is 14.1. The molecule has 3 rings (SSSR count). The molecule has 2 N–H and O–H groups in total. The van der Waals surface area contributed by atoms with Crippen LogP contribution in [0.25, 0.3) is 0 Å². The summed E-state index contributed by atoms with van der Waals surface area (Å²) in [6, 6.07) is 7.52. The van der Waals surface area contributed by atoms with Gasteiger partial charge in [0.1, 0.15) is 12.4 Å². The molecular weight excluding hydrogens is 256 g/mol. The molecule has 1 aliphatic heterocycles. The Morgan fingerprint density at radius 1 is 1.15 bits per heavy atom. The molecule has 0 amide bonds. The summed E-state index contributed by atoms with van der Waals surface area (Å²) >= 11 is 0. The lowest BCUT2D eigenvalue weighted by molar-refractivity contribution is 0.0847. The fourth-order valence-electron chi connectivity index (χ4n) is 1.98. The predicted molar refractivity (Wildman–Crippen MR) is 73.6 cm³/mol. The zero-order valence-electron chi connectivity index (χ0n) is 11.4. The average Bonchev–Trinajstić information content (AvgIpc) is 2.46. The summed E-state index contributed by atoms with van der Waals surface area (Å²) in [5, 5.41) is 0. The van der Waals surface area contributed by atoms with Gasteiger partial charge in [-0.05, 0) is 12.1 Å². The van der Waals surface area contributed by atoms with Crippen LogP contribution in [0, 0.1) is 0 Å². The van der Waals surface area contributed by atoms with Crippen LogP contribution in [0.1, 0.15) is 37.5 Å². The monoisotopic (exact) mass is 272 g/mol. The Hall–Kier alpha value is -2.37. The molecule has 1 atom stereocenters. The largest absolute Gasteiger partial charge is 0.485 e. The van der Waals surface area contributed by atoms with Crippen molar-refractivity contribution in [1.82, 2.24) is 15.0 Å². The molecule has 1 aliphatic rings. The smallest absolute Gasteiger partial charge is 0.223 e. The maximum absolute atomic E-state index is 5.87. The molecule has 0 saturated carbocycles. The van der Waals surface area contributed by atoms with Gasteiger partial charge < -0.3 is 15.2 Å². The van der Waals surface area contributed by atoms with Gasteiger partial charge in [-0.25, -0.2) is 4.98 Å².